The largest absolute Gasteiger partial charge is 0.355 e. The highest BCUT2D eigenvalue weighted by Gasteiger charge is 2.21. The van der Waals surface area contributed by atoms with Crippen LogP contribution >= 0.6 is 23.1 Å². The van der Waals surface area contributed by atoms with Crippen LogP contribution < -0.4 is 16.2 Å². The molecule has 0 unspecified atom stereocenters. The van der Waals surface area contributed by atoms with Gasteiger partial charge in [0.1, 0.15) is 4.83 Å². The average molecular weight is 395 g/mol. The van der Waals surface area contributed by atoms with Crippen LogP contribution in [0.15, 0.2) is 9.95 Å². The van der Waals surface area contributed by atoms with Gasteiger partial charge in [0.2, 0.25) is 11.8 Å². The fourth-order valence-electron chi connectivity index (χ4n) is 3.02. The molecule has 2 amide bonds. The molecule has 0 aromatic carbocycles. The third-order valence-electron chi connectivity index (χ3n) is 4.31. The second-order valence-electron chi connectivity index (χ2n) is 6.17. The molecule has 0 atom stereocenters. The highest BCUT2D eigenvalue weighted by atomic mass is 32.2. The Hall–Kier alpha value is -1.87. The van der Waals surface area contributed by atoms with Gasteiger partial charge >= 0.3 is 0 Å². The Morgan fingerprint density at radius 1 is 1.23 bits per heavy atom. The van der Waals surface area contributed by atoms with Crippen molar-refractivity contribution in [3.63, 3.8) is 0 Å². The van der Waals surface area contributed by atoms with Gasteiger partial charge in [-0.05, 0) is 38.2 Å². The minimum Gasteiger partial charge on any atom is -0.355 e. The van der Waals surface area contributed by atoms with E-state index in [1.165, 1.54) is 26.8 Å². The van der Waals surface area contributed by atoms with E-state index in [1.54, 1.807) is 18.4 Å². The topological polar surface area (TPSA) is 93.1 Å². The molecule has 7 nitrogen and oxygen atoms in total. The van der Waals surface area contributed by atoms with Crippen LogP contribution in [0.1, 0.15) is 30.2 Å². The summed E-state index contributed by atoms with van der Waals surface area (Å²) >= 11 is 2.81. The van der Waals surface area contributed by atoms with E-state index in [-0.39, 0.29) is 29.7 Å². The van der Waals surface area contributed by atoms with E-state index in [1.807, 2.05) is 6.92 Å². The number of thioether (sulfide) groups is 1. The number of thiophene rings is 1. The Bertz CT molecular complexity index is 904. The number of nitrogens with zero attached hydrogens (tertiary/aromatic N) is 2. The lowest BCUT2D eigenvalue weighted by Gasteiger charge is -2.11. The summed E-state index contributed by atoms with van der Waals surface area (Å²) in [6.45, 7) is 2.30. The van der Waals surface area contributed by atoms with Crippen molar-refractivity contribution in [1.29, 1.82) is 0 Å². The number of aryl methyl sites for hydroxylation is 2. The lowest BCUT2D eigenvalue weighted by atomic mass is 9.97. The Balaban J connectivity index is 1.72. The number of hydrogen-bond donors (Lipinski definition) is 2. The Morgan fingerprint density at radius 3 is 2.77 bits per heavy atom. The molecule has 1 aliphatic carbocycles. The van der Waals surface area contributed by atoms with Gasteiger partial charge in [-0.1, -0.05) is 11.8 Å². The van der Waals surface area contributed by atoms with Crippen molar-refractivity contribution in [3.05, 3.63) is 20.8 Å². The summed E-state index contributed by atoms with van der Waals surface area (Å²) in [4.78, 5) is 42.7. The number of aromatic nitrogens is 2. The van der Waals surface area contributed by atoms with E-state index < -0.39 is 0 Å². The fraction of sp³-hybridized carbons (Fsp3) is 0.529. The minimum absolute atomic E-state index is 0.0420. The van der Waals surface area contributed by atoms with Crippen molar-refractivity contribution in [2.24, 2.45) is 7.05 Å². The summed E-state index contributed by atoms with van der Waals surface area (Å²) < 4.78 is 1.52. The zero-order valence-electron chi connectivity index (χ0n) is 14.9. The Morgan fingerprint density at radius 2 is 2.00 bits per heavy atom. The molecule has 2 N–H and O–H groups in total. The van der Waals surface area contributed by atoms with Crippen LogP contribution in [0, 0.1) is 0 Å². The molecule has 26 heavy (non-hydrogen) atoms. The predicted octanol–water partition coefficient (Wildman–Crippen LogP) is 1.22. The summed E-state index contributed by atoms with van der Waals surface area (Å²) in [5.74, 6) is -0.376. The van der Waals surface area contributed by atoms with Crippen LogP contribution in [-0.2, 0) is 29.5 Å². The van der Waals surface area contributed by atoms with E-state index in [0.29, 0.717) is 11.7 Å². The highest BCUT2D eigenvalue weighted by molar-refractivity contribution is 7.99. The monoisotopic (exact) mass is 394 g/mol. The van der Waals surface area contributed by atoms with Gasteiger partial charge < -0.3 is 10.6 Å². The zero-order valence-corrected chi connectivity index (χ0v) is 16.5. The normalized spacial score (nSPS) is 13.5. The van der Waals surface area contributed by atoms with Gasteiger partial charge in [0.25, 0.3) is 5.56 Å². The molecule has 3 rings (SSSR count). The van der Waals surface area contributed by atoms with E-state index in [0.717, 1.165) is 35.9 Å². The summed E-state index contributed by atoms with van der Waals surface area (Å²) in [7, 11) is 1.69. The summed E-state index contributed by atoms with van der Waals surface area (Å²) in [6, 6.07) is 0. The molecule has 2 aromatic heterocycles. The van der Waals surface area contributed by atoms with Crippen molar-refractivity contribution in [3.8, 4) is 0 Å². The second kappa shape index (κ2) is 8.22. The molecule has 140 valence electrons. The summed E-state index contributed by atoms with van der Waals surface area (Å²) in [6.07, 6.45) is 4.24. The van der Waals surface area contributed by atoms with Crippen LogP contribution in [0.5, 0.6) is 0 Å². The number of nitrogens with one attached hydrogen (secondary N) is 2. The molecule has 0 spiro atoms. The minimum atomic E-state index is -0.263. The standard InChI is InChI=1S/C17H22N4O3S2/c1-3-18-12(22)8-19-13(23)9-25-17-20-15-14(16(24)21(17)2)10-6-4-5-7-11(10)26-15/h3-9H2,1-2H3,(H,18,22)(H,19,23). The first-order valence-electron chi connectivity index (χ1n) is 8.68. The molecule has 0 bridgehead atoms. The van der Waals surface area contributed by atoms with E-state index >= 15 is 0 Å². The van der Waals surface area contributed by atoms with Gasteiger partial charge in [0.15, 0.2) is 5.16 Å². The molecule has 2 aromatic rings. The van der Waals surface area contributed by atoms with E-state index in [4.69, 9.17) is 0 Å². The molecular weight excluding hydrogens is 372 g/mol. The number of amides is 2. The molecule has 9 heteroatoms. The number of likely N-dealkylation sites (N-methyl/N-ethyl adjacent to an activating group) is 1. The number of rotatable bonds is 6. The number of carbonyl (C=O) groups excluding carboxylic acids is 2. The first-order chi connectivity index (χ1) is 12.5. The molecule has 0 fully saturated rings. The van der Waals surface area contributed by atoms with Crippen LogP contribution in [0.2, 0.25) is 0 Å². The van der Waals surface area contributed by atoms with Crippen molar-refractivity contribution in [1.82, 2.24) is 20.2 Å². The predicted molar refractivity (Wildman–Crippen MR) is 104 cm³/mol. The maximum absolute atomic E-state index is 12.8. The maximum Gasteiger partial charge on any atom is 0.262 e. The molecule has 0 saturated heterocycles. The van der Waals surface area contributed by atoms with Crippen molar-refractivity contribution in [2.45, 2.75) is 37.8 Å². The van der Waals surface area contributed by atoms with Crippen LogP contribution in [0.25, 0.3) is 10.2 Å². The summed E-state index contributed by atoms with van der Waals surface area (Å²) in [5.41, 5.74) is 1.13. The number of carbonyl (C=O) groups is 2. The van der Waals surface area contributed by atoms with Crippen molar-refractivity contribution in [2.75, 3.05) is 18.8 Å². The van der Waals surface area contributed by atoms with Gasteiger partial charge in [0, 0.05) is 18.5 Å². The molecule has 0 aliphatic heterocycles. The van der Waals surface area contributed by atoms with Gasteiger partial charge in [-0.3, -0.25) is 19.0 Å². The molecular formula is C17H22N4O3S2. The first-order valence-corrected chi connectivity index (χ1v) is 10.5. The smallest absolute Gasteiger partial charge is 0.262 e. The molecule has 2 heterocycles. The van der Waals surface area contributed by atoms with Crippen molar-refractivity contribution < 1.29 is 9.59 Å². The van der Waals surface area contributed by atoms with E-state index in [2.05, 4.69) is 15.6 Å². The van der Waals surface area contributed by atoms with Crippen molar-refractivity contribution >= 4 is 45.1 Å². The van der Waals surface area contributed by atoms with Gasteiger partial charge in [0.05, 0.1) is 17.7 Å². The van der Waals surface area contributed by atoms with Crippen LogP contribution in [-0.4, -0.2) is 40.2 Å². The third kappa shape index (κ3) is 3.93. The number of hydrogen-bond acceptors (Lipinski definition) is 6. The SMILES string of the molecule is CCNC(=O)CNC(=O)CSc1nc2sc3c(c2c(=O)n1C)CCCC3. The second-order valence-corrected chi connectivity index (χ2v) is 8.19. The zero-order chi connectivity index (χ0) is 18.7. The first kappa shape index (κ1) is 18.9. The van der Waals surface area contributed by atoms with Crippen LogP contribution in [0.3, 0.4) is 0 Å². The van der Waals surface area contributed by atoms with Gasteiger partial charge in [-0.2, -0.15) is 0 Å². The molecule has 1 aliphatic rings. The lowest BCUT2D eigenvalue weighted by Crippen LogP contribution is -2.37. The lowest BCUT2D eigenvalue weighted by molar-refractivity contribution is -0.124. The third-order valence-corrected chi connectivity index (χ3v) is 6.52. The van der Waals surface area contributed by atoms with Gasteiger partial charge in [-0.25, -0.2) is 4.98 Å². The quantitative estimate of drug-likeness (QED) is 0.568. The Labute approximate surface area is 159 Å². The highest BCUT2D eigenvalue weighted by Crippen LogP contribution is 2.34. The average Bonchev–Trinajstić information content (AvgIpc) is 3.00. The van der Waals surface area contributed by atoms with Gasteiger partial charge in [-0.15, -0.1) is 11.3 Å². The molecule has 0 saturated carbocycles. The fourth-order valence-corrected chi connectivity index (χ4v) is 5.12. The Kier molecular flexibility index (Phi) is 5.98. The van der Waals surface area contributed by atoms with Crippen LogP contribution in [0.4, 0.5) is 0 Å². The number of fused-ring (bicyclic) bond motifs is 3. The molecule has 0 radical (unpaired) electrons. The summed E-state index contributed by atoms with van der Waals surface area (Å²) in [5, 5.41) is 6.45. The maximum atomic E-state index is 12.8. The van der Waals surface area contributed by atoms with E-state index in [9.17, 15) is 14.4 Å².